The van der Waals surface area contributed by atoms with Gasteiger partial charge in [0.05, 0.1) is 16.6 Å². The topological polar surface area (TPSA) is 71.8 Å². The van der Waals surface area contributed by atoms with Crippen molar-refractivity contribution in [3.8, 4) is 0 Å². The number of aryl methyl sites for hydroxylation is 2. The van der Waals surface area contributed by atoms with Crippen LogP contribution in [-0.2, 0) is 13.5 Å². The second-order valence-electron chi connectivity index (χ2n) is 7.20. The summed E-state index contributed by atoms with van der Waals surface area (Å²) in [6.07, 6.45) is 3.43. The van der Waals surface area contributed by atoms with E-state index in [-0.39, 0.29) is 5.91 Å². The molecule has 154 valence electrons. The van der Waals surface area contributed by atoms with Crippen LogP contribution in [0.2, 0.25) is 5.02 Å². The average molecular weight is 422 g/mol. The van der Waals surface area contributed by atoms with Crippen molar-refractivity contribution in [1.82, 2.24) is 19.9 Å². The number of benzene rings is 2. The Morgan fingerprint density at radius 3 is 2.80 bits per heavy atom. The molecule has 6 nitrogen and oxygen atoms in total. The second-order valence-corrected chi connectivity index (χ2v) is 7.64. The molecule has 0 unspecified atom stereocenters. The minimum Gasteiger partial charge on any atom is -0.384 e. The zero-order valence-electron chi connectivity index (χ0n) is 17.1. The van der Waals surface area contributed by atoms with E-state index in [9.17, 15) is 4.79 Å². The molecule has 0 saturated carbocycles. The number of rotatable bonds is 7. The quantitative estimate of drug-likeness (QED) is 0.429. The highest BCUT2D eigenvalue weighted by Crippen LogP contribution is 2.24. The maximum absolute atomic E-state index is 12.5. The first-order valence-electron chi connectivity index (χ1n) is 10.1. The molecule has 2 aromatic heterocycles. The molecule has 2 N–H and O–H groups in total. The summed E-state index contributed by atoms with van der Waals surface area (Å²) < 4.78 is 2.07. The third-order valence-electron chi connectivity index (χ3n) is 5.21. The monoisotopic (exact) mass is 421 g/mol. The van der Waals surface area contributed by atoms with Crippen LogP contribution in [0.5, 0.6) is 0 Å². The first kappa shape index (κ1) is 20.2. The van der Waals surface area contributed by atoms with Crippen LogP contribution in [-0.4, -0.2) is 33.5 Å². The van der Waals surface area contributed by atoms with E-state index in [1.165, 1.54) is 0 Å². The number of halogens is 1. The van der Waals surface area contributed by atoms with Crippen LogP contribution < -0.4 is 10.6 Å². The van der Waals surface area contributed by atoms with E-state index in [0.717, 1.165) is 52.8 Å². The summed E-state index contributed by atoms with van der Waals surface area (Å²) in [6.45, 7) is 3.40. The predicted octanol–water partition coefficient (Wildman–Crippen LogP) is 4.57. The normalized spacial score (nSPS) is 11.2. The zero-order chi connectivity index (χ0) is 21.1. The number of carbonyl (C=O) groups excluding carboxylic acids is 1. The van der Waals surface area contributed by atoms with Crippen molar-refractivity contribution in [2.45, 2.75) is 19.8 Å². The van der Waals surface area contributed by atoms with Gasteiger partial charge in [0.1, 0.15) is 5.82 Å². The van der Waals surface area contributed by atoms with Crippen LogP contribution in [0.25, 0.3) is 21.9 Å². The number of aromatic nitrogens is 3. The van der Waals surface area contributed by atoms with Crippen molar-refractivity contribution in [2.75, 3.05) is 18.4 Å². The lowest BCUT2D eigenvalue weighted by Gasteiger charge is -2.10. The zero-order valence-corrected chi connectivity index (χ0v) is 17.8. The van der Waals surface area contributed by atoms with Gasteiger partial charge in [-0.05, 0) is 48.9 Å². The maximum atomic E-state index is 12.5. The molecule has 0 saturated heterocycles. The predicted molar refractivity (Wildman–Crippen MR) is 122 cm³/mol. The van der Waals surface area contributed by atoms with E-state index in [1.807, 2.05) is 49.5 Å². The van der Waals surface area contributed by atoms with Crippen molar-refractivity contribution < 1.29 is 4.79 Å². The molecule has 0 aliphatic rings. The first-order valence-corrected chi connectivity index (χ1v) is 10.5. The second kappa shape index (κ2) is 8.71. The molecule has 0 fully saturated rings. The molecule has 0 bridgehead atoms. The van der Waals surface area contributed by atoms with Crippen molar-refractivity contribution in [2.24, 2.45) is 7.05 Å². The number of imidazole rings is 1. The highest BCUT2D eigenvalue weighted by molar-refractivity contribution is 6.31. The van der Waals surface area contributed by atoms with Gasteiger partial charge in [-0.15, -0.1) is 0 Å². The summed E-state index contributed by atoms with van der Waals surface area (Å²) in [6, 6.07) is 13.3. The molecule has 2 heterocycles. The lowest BCUT2D eigenvalue weighted by molar-refractivity contribution is 0.0953. The van der Waals surface area contributed by atoms with E-state index in [0.29, 0.717) is 17.1 Å². The Bertz CT molecular complexity index is 1220. The van der Waals surface area contributed by atoms with Crippen LogP contribution in [0.15, 0.2) is 48.7 Å². The van der Waals surface area contributed by atoms with Crippen molar-refractivity contribution in [3.05, 3.63) is 65.1 Å². The lowest BCUT2D eigenvalue weighted by Crippen LogP contribution is -2.25. The average Bonchev–Trinajstić information content (AvgIpc) is 3.08. The number of anilines is 1. The molecule has 30 heavy (non-hydrogen) atoms. The van der Waals surface area contributed by atoms with Gasteiger partial charge in [-0.3, -0.25) is 9.78 Å². The third-order valence-corrected chi connectivity index (χ3v) is 5.45. The number of nitrogens with zero attached hydrogens (tertiary/aromatic N) is 3. The summed E-state index contributed by atoms with van der Waals surface area (Å²) in [4.78, 5) is 21.5. The number of hydrogen-bond acceptors (Lipinski definition) is 4. The van der Waals surface area contributed by atoms with Gasteiger partial charge in [0.25, 0.3) is 5.91 Å². The van der Waals surface area contributed by atoms with Crippen LogP contribution in [0, 0.1) is 0 Å². The van der Waals surface area contributed by atoms with E-state index in [1.54, 1.807) is 6.20 Å². The Balaban J connectivity index is 1.32. The minimum absolute atomic E-state index is 0.0791. The fraction of sp³-hybridized carbons (Fsp3) is 0.261. The summed E-state index contributed by atoms with van der Waals surface area (Å²) >= 11 is 6.04. The Morgan fingerprint density at radius 1 is 1.10 bits per heavy atom. The van der Waals surface area contributed by atoms with Gasteiger partial charge in [-0.1, -0.05) is 18.5 Å². The van der Waals surface area contributed by atoms with Gasteiger partial charge >= 0.3 is 0 Å². The SMILES string of the molecule is CCc1nc2cc(C(=O)NCCCNc3ccnc4cc(Cl)ccc34)ccc2n1C. The molecule has 1 amide bonds. The van der Waals surface area contributed by atoms with Crippen molar-refractivity contribution in [3.63, 3.8) is 0 Å². The van der Waals surface area contributed by atoms with Crippen LogP contribution in [0.4, 0.5) is 5.69 Å². The molecule has 0 aliphatic carbocycles. The number of hydrogen-bond donors (Lipinski definition) is 2. The molecular weight excluding hydrogens is 398 g/mol. The molecule has 0 atom stereocenters. The van der Waals surface area contributed by atoms with E-state index in [2.05, 4.69) is 32.1 Å². The summed E-state index contributed by atoms with van der Waals surface area (Å²) in [7, 11) is 2.00. The van der Waals surface area contributed by atoms with Gasteiger partial charge in [0, 0.05) is 54.4 Å². The van der Waals surface area contributed by atoms with Gasteiger partial charge < -0.3 is 15.2 Å². The summed E-state index contributed by atoms with van der Waals surface area (Å²) in [5, 5.41) is 8.10. The van der Waals surface area contributed by atoms with Crippen molar-refractivity contribution >= 4 is 45.1 Å². The van der Waals surface area contributed by atoms with Gasteiger partial charge in [0.15, 0.2) is 0 Å². The highest BCUT2D eigenvalue weighted by Gasteiger charge is 2.10. The molecule has 0 radical (unpaired) electrons. The van der Waals surface area contributed by atoms with Crippen molar-refractivity contribution in [1.29, 1.82) is 0 Å². The number of nitrogens with one attached hydrogen (secondary N) is 2. The molecule has 4 aromatic rings. The number of fused-ring (bicyclic) bond motifs is 2. The van der Waals surface area contributed by atoms with Gasteiger partial charge in [-0.25, -0.2) is 4.98 Å². The third kappa shape index (κ3) is 4.09. The Hall–Kier alpha value is -3.12. The molecule has 4 rings (SSSR count). The minimum atomic E-state index is -0.0791. The van der Waals surface area contributed by atoms with Gasteiger partial charge in [-0.2, -0.15) is 0 Å². The van der Waals surface area contributed by atoms with E-state index >= 15 is 0 Å². The maximum Gasteiger partial charge on any atom is 0.251 e. The Morgan fingerprint density at radius 2 is 1.97 bits per heavy atom. The number of carbonyl (C=O) groups is 1. The fourth-order valence-electron chi connectivity index (χ4n) is 3.60. The van der Waals surface area contributed by atoms with E-state index in [4.69, 9.17) is 11.6 Å². The summed E-state index contributed by atoms with van der Waals surface area (Å²) in [5.74, 6) is 0.934. The Kier molecular flexibility index (Phi) is 5.86. The van der Waals surface area contributed by atoms with Crippen LogP contribution in [0.3, 0.4) is 0 Å². The van der Waals surface area contributed by atoms with Gasteiger partial charge in [0.2, 0.25) is 0 Å². The Labute approximate surface area is 180 Å². The molecule has 0 aliphatic heterocycles. The smallest absolute Gasteiger partial charge is 0.251 e. The largest absolute Gasteiger partial charge is 0.384 e. The summed E-state index contributed by atoms with van der Waals surface area (Å²) in [5.41, 5.74) is 4.40. The standard InChI is InChI=1S/C23H24ClN5O/c1-3-22-28-20-13-15(5-8-21(20)29(22)2)23(30)27-11-4-10-25-18-9-12-26-19-14-16(24)6-7-17(18)19/h5-9,12-14H,3-4,10-11H2,1-2H3,(H,25,26)(H,27,30). The highest BCUT2D eigenvalue weighted by atomic mass is 35.5. The molecule has 7 heteroatoms. The number of pyridine rings is 1. The fourth-order valence-corrected chi connectivity index (χ4v) is 3.76. The molecular formula is C23H24ClN5O. The molecule has 2 aromatic carbocycles. The first-order chi connectivity index (χ1) is 14.6. The molecule has 0 spiro atoms. The lowest BCUT2D eigenvalue weighted by atomic mass is 10.2. The van der Waals surface area contributed by atoms with E-state index < -0.39 is 0 Å². The number of amides is 1. The van der Waals surface area contributed by atoms with Crippen LogP contribution >= 0.6 is 11.6 Å². The van der Waals surface area contributed by atoms with Crippen LogP contribution in [0.1, 0.15) is 29.5 Å².